The number of aliphatic hydroxyl groups is 15. The zero-order valence-corrected chi connectivity index (χ0v) is 34.3. The van der Waals surface area contributed by atoms with Gasteiger partial charge in [0.15, 0.2) is 18.9 Å². The van der Waals surface area contributed by atoms with Gasteiger partial charge in [-0.05, 0) is 6.92 Å². The summed E-state index contributed by atoms with van der Waals surface area (Å²) in [7, 11) is 1.19. The molecule has 5 aliphatic rings. The van der Waals surface area contributed by atoms with Crippen molar-refractivity contribution in [3.8, 4) is 0 Å². The lowest BCUT2D eigenvalue weighted by Crippen LogP contribution is -2.69. The molecule has 27 heteroatoms. The third-order valence-corrected chi connectivity index (χ3v) is 12.1. The quantitative estimate of drug-likeness (QED) is 0.0644. The lowest BCUT2D eigenvalue weighted by atomic mass is 9.84. The van der Waals surface area contributed by atoms with Gasteiger partial charge in [0.2, 0.25) is 0 Å². The molecule has 26 atom stereocenters. The topological polar surface area (TPSA) is 433 Å². The molecule has 0 amide bonds. The molecular weight excluding hydrogens is 864 g/mol. The van der Waals surface area contributed by atoms with E-state index in [0.717, 1.165) is 0 Å². The maximum atomic E-state index is 12.8. The maximum absolute atomic E-state index is 12.8. The third-order valence-electron chi connectivity index (χ3n) is 12.1. The predicted molar refractivity (Wildman–Crippen MR) is 195 cm³/mol. The van der Waals surface area contributed by atoms with Crippen LogP contribution in [0.3, 0.4) is 0 Å². The zero-order valence-electron chi connectivity index (χ0n) is 34.3. The number of methoxy groups -OCH3 is 1. The lowest BCUT2D eigenvalue weighted by Gasteiger charge is -2.50. The summed E-state index contributed by atoms with van der Waals surface area (Å²) in [4.78, 5) is 12.8. The Hall–Kier alpha value is -1.53. The largest absolute Gasteiger partial charge is 0.477 e. The van der Waals surface area contributed by atoms with Crippen LogP contribution in [-0.2, 0) is 52.2 Å². The van der Waals surface area contributed by atoms with Gasteiger partial charge < -0.3 is 129 Å². The molecule has 5 saturated heterocycles. The van der Waals surface area contributed by atoms with Crippen LogP contribution in [0.2, 0.25) is 0 Å². The summed E-state index contributed by atoms with van der Waals surface area (Å²) in [6.45, 7) is -1.30. The van der Waals surface area contributed by atoms with Gasteiger partial charge in [-0.25, -0.2) is 4.79 Å². The number of rotatable bonds is 17. The Bertz CT molecular complexity index is 1430. The number of hydrogen-bond donors (Lipinski definition) is 16. The van der Waals surface area contributed by atoms with E-state index in [-0.39, 0.29) is 0 Å². The third kappa shape index (κ3) is 10.8. The molecule has 27 nitrogen and oxygen atoms in total. The first-order valence-corrected chi connectivity index (χ1v) is 20.3. The fourth-order valence-electron chi connectivity index (χ4n) is 8.27. The van der Waals surface area contributed by atoms with Crippen LogP contribution < -0.4 is 0 Å². The Kier molecular flexibility index (Phi) is 18.4. The molecule has 5 fully saturated rings. The Morgan fingerprint density at radius 3 is 1.62 bits per heavy atom. The summed E-state index contributed by atoms with van der Waals surface area (Å²) >= 11 is 0. The van der Waals surface area contributed by atoms with E-state index in [2.05, 4.69) is 0 Å². The fraction of sp³-hybridized carbons (Fsp3) is 0.972. The standard InChI is InChI=1S/C36H62O27/c1-10-12(41)4-36(35(52)53,62-27(10)19(44)13(42)5-37)63-31-21(46)15(7-39)57-34(26(31)51)60-29-17(9-54-3)58-32(24(49)23(29)48)61-30-20(45)14(6-38)56-33(25(30)50)59-28-16(8-40)55-11(2)18(43)22(28)47/h10-34,37-51H,4-9H2,1-3H3,(H,52,53)/t10-,11+,12-,13?,14?,15?,16?,17?,18?,19?,20+,21+,22-,23-,24?,25?,26?,27?,28-,29-,30+,31+,32+,33+,34+,36+/m1/s1. The molecule has 0 radical (unpaired) electrons. The summed E-state index contributed by atoms with van der Waals surface area (Å²) in [5.41, 5.74) is 0. The molecule has 0 aromatic heterocycles. The number of ether oxygens (including phenoxy) is 10. The maximum Gasteiger partial charge on any atom is 0.364 e. The minimum absolute atomic E-state index is 0.481. The molecule has 0 aromatic carbocycles. The highest BCUT2D eigenvalue weighted by Crippen LogP contribution is 2.40. The first-order valence-electron chi connectivity index (χ1n) is 20.3. The van der Waals surface area contributed by atoms with Crippen molar-refractivity contribution in [2.75, 3.05) is 40.1 Å². The van der Waals surface area contributed by atoms with E-state index in [4.69, 9.17) is 47.4 Å². The van der Waals surface area contributed by atoms with E-state index in [0.29, 0.717) is 0 Å². The molecule has 0 bridgehead atoms. The molecule has 0 aromatic rings. The highest BCUT2D eigenvalue weighted by atomic mass is 16.8. The lowest BCUT2D eigenvalue weighted by molar-refractivity contribution is -0.396. The second kappa shape index (κ2) is 22.1. The molecule has 0 spiro atoms. The summed E-state index contributed by atoms with van der Waals surface area (Å²) in [5.74, 6) is -5.94. The predicted octanol–water partition coefficient (Wildman–Crippen LogP) is -9.72. The van der Waals surface area contributed by atoms with Crippen LogP contribution in [-0.4, -0.2) is 281 Å². The smallest absolute Gasteiger partial charge is 0.364 e. The Balaban J connectivity index is 1.35. The minimum Gasteiger partial charge on any atom is -0.477 e. The highest BCUT2D eigenvalue weighted by molar-refractivity contribution is 5.76. The second-order valence-electron chi connectivity index (χ2n) is 16.3. The molecule has 11 unspecified atom stereocenters. The van der Waals surface area contributed by atoms with E-state index in [1.54, 1.807) is 0 Å². The summed E-state index contributed by atoms with van der Waals surface area (Å²) in [6.07, 6.45) is -43.7. The molecule has 63 heavy (non-hydrogen) atoms. The van der Waals surface area contributed by atoms with Crippen LogP contribution in [0.4, 0.5) is 0 Å². The molecule has 5 aliphatic heterocycles. The molecule has 16 N–H and O–H groups in total. The van der Waals surface area contributed by atoms with E-state index in [9.17, 15) is 86.5 Å². The Labute approximate surface area is 358 Å². The van der Waals surface area contributed by atoms with Gasteiger partial charge in [-0.1, -0.05) is 6.92 Å². The number of carbonyl (C=O) groups is 1. The second-order valence-corrected chi connectivity index (χ2v) is 16.3. The molecule has 5 rings (SSSR count). The first kappa shape index (κ1) is 52.4. The molecular formula is C36H62O27. The van der Waals surface area contributed by atoms with Crippen LogP contribution in [0, 0.1) is 5.92 Å². The number of hydrogen-bond acceptors (Lipinski definition) is 26. The van der Waals surface area contributed by atoms with Gasteiger partial charge in [-0.2, -0.15) is 0 Å². The average Bonchev–Trinajstić information content (AvgIpc) is 3.26. The summed E-state index contributed by atoms with van der Waals surface area (Å²) in [6, 6.07) is 0. The van der Waals surface area contributed by atoms with E-state index >= 15 is 0 Å². The van der Waals surface area contributed by atoms with Crippen molar-refractivity contribution in [1.82, 2.24) is 0 Å². The van der Waals surface area contributed by atoms with Gasteiger partial charge >= 0.3 is 5.97 Å². The Morgan fingerprint density at radius 1 is 0.619 bits per heavy atom. The normalized spacial score (nSPS) is 49.6. The zero-order chi connectivity index (χ0) is 46.8. The van der Waals surface area contributed by atoms with Crippen LogP contribution in [0.1, 0.15) is 20.3 Å². The highest BCUT2D eigenvalue weighted by Gasteiger charge is 2.60. The van der Waals surface area contributed by atoms with Crippen molar-refractivity contribution >= 4 is 5.97 Å². The van der Waals surface area contributed by atoms with E-state index in [1.165, 1.54) is 21.0 Å². The monoisotopic (exact) mass is 926 g/mol. The van der Waals surface area contributed by atoms with Crippen molar-refractivity contribution in [3.63, 3.8) is 0 Å². The van der Waals surface area contributed by atoms with E-state index < -0.39 is 204 Å². The van der Waals surface area contributed by atoms with Crippen molar-refractivity contribution < 1.29 is 134 Å². The summed E-state index contributed by atoms with van der Waals surface area (Å²) in [5, 5.41) is 170. The molecule has 0 saturated carbocycles. The molecule has 368 valence electrons. The van der Waals surface area contributed by atoms with Gasteiger partial charge in [0.05, 0.1) is 51.3 Å². The van der Waals surface area contributed by atoms with Gasteiger partial charge in [0, 0.05) is 19.4 Å². The fourth-order valence-corrected chi connectivity index (χ4v) is 8.27. The number of aliphatic hydroxyl groups excluding tert-OH is 15. The summed E-state index contributed by atoms with van der Waals surface area (Å²) < 4.78 is 56.3. The SMILES string of the molecule is COCC1O[C@@H](O[C@@H]2C(O)[C@H](O[C@@H]3C(CO)O[C@@H](C)C(O)[C@H]3O)OC(CO)[C@@H]2O)C(O)[C@@H](O)[C@@H]1O[C@@H]1OC(CO)[C@H](O)[C@H](O[C@]2(C(=O)O)C[C@@H](O)[C@@H](C)C(C(O)C(O)CO)O2)C1O. The van der Waals surface area contributed by atoms with Gasteiger partial charge in [0.1, 0.15) is 110 Å². The van der Waals surface area contributed by atoms with Crippen LogP contribution in [0.15, 0.2) is 0 Å². The van der Waals surface area contributed by atoms with Crippen molar-refractivity contribution in [3.05, 3.63) is 0 Å². The van der Waals surface area contributed by atoms with Crippen LogP contribution in [0.5, 0.6) is 0 Å². The van der Waals surface area contributed by atoms with Crippen molar-refractivity contribution in [2.45, 2.75) is 173 Å². The van der Waals surface area contributed by atoms with E-state index in [1.807, 2.05) is 0 Å². The molecule has 0 aliphatic carbocycles. The first-order chi connectivity index (χ1) is 29.7. The average molecular weight is 927 g/mol. The van der Waals surface area contributed by atoms with Crippen LogP contribution >= 0.6 is 0 Å². The van der Waals surface area contributed by atoms with Gasteiger partial charge in [0.25, 0.3) is 5.79 Å². The van der Waals surface area contributed by atoms with Gasteiger partial charge in [-0.15, -0.1) is 0 Å². The molecule has 5 heterocycles. The van der Waals surface area contributed by atoms with Crippen molar-refractivity contribution in [2.24, 2.45) is 5.92 Å². The number of carboxylic acid groups (broad SMARTS) is 1. The van der Waals surface area contributed by atoms with Gasteiger partial charge in [-0.3, -0.25) is 0 Å². The van der Waals surface area contributed by atoms with Crippen LogP contribution in [0.25, 0.3) is 0 Å². The number of aliphatic carboxylic acids is 1. The van der Waals surface area contributed by atoms with Crippen molar-refractivity contribution in [1.29, 1.82) is 0 Å². The minimum atomic E-state index is -2.96. The number of carboxylic acids is 1. The Morgan fingerprint density at radius 2 is 1.10 bits per heavy atom.